The van der Waals surface area contributed by atoms with Crippen molar-refractivity contribution in [3.8, 4) is 5.75 Å². The smallest absolute Gasteiger partial charge is 0.224 e. The molecular formula is C17H26BrNO3. The van der Waals surface area contributed by atoms with Crippen LogP contribution in [0.2, 0.25) is 0 Å². The van der Waals surface area contributed by atoms with E-state index in [2.05, 4.69) is 21.2 Å². The third kappa shape index (κ3) is 9.05. The highest BCUT2D eigenvalue weighted by molar-refractivity contribution is 9.09. The van der Waals surface area contributed by atoms with Gasteiger partial charge >= 0.3 is 0 Å². The second-order valence-corrected chi connectivity index (χ2v) is 6.82. The number of carbonyl (C=O) groups is 1. The van der Waals surface area contributed by atoms with Crippen LogP contribution in [0.15, 0.2) is 24.3 Å². The number of alkyl halides is 1. The van der Waals surface area contributed by atoms with Gasteiger partial charge in [0.15, 0.2) is 0 Å². The van der Waals surface area contributed by atoms with Crippen molar-refractivity contribution >= 4 is 27.5 Å². The van der Waals surface area contributed by atoms with Gasteiger partial charge in [-0.3, -0.25) is 4.79 Å². The number of benzene rings is 1. The minimum absolute atomic E-state index is 0.00506. The molecule has 0 bridgehead atoms. The number of nitrogens with one attached hydrogen (secondary N) is 1. The average Bonchev–Trinajstić information content (AvgIpc) is 2.45. The molecule has 0 spiro atoms. The third-order valence-electron chi connectivity index (χ3n) is 2.77. The molecule has 0 unspecified atom stereocenters. The molecule has 0 saturated heterocycles. The van der Waals surface area contributed by atoms with Gasteiger partial charge in [0.1, 0.15) is 5.75 Å². The van der Waals surface area contributed by atoms with Crippen LogP contribution >= 0.6 is 15.9 Å². The Morgan fingerprint density at radius 2 is 1.82 bits per heavy atom. The van der Waals surface area contributed by atoms with E-state index in [4.69, 9.17) is 9.47 Å². The van der Waals surface area contributed by atoms with Gasteiger partial charge in [-0.15, -0.1) is 0 Å². The maximum absolute atomic E-state index is 11.8. The highest BCUT2D eigenvalue weighted by Crippen LogP contribution is 2.16. The third-order valence-corrected chi connectivity index (χ3v) is 3.33. The summed E-state index contributed by atoms with van der Waals surface area (Å²) >= 11 is 3.36. The first-order valence-corrected chi connectivity index (χ1v) is 8.75. The number of rotatable bonds is 9. The van der Waals surface area contributed by atoms with Crippen molar-refractivity contribution in [3.63, 3.8) is 0 Å². The van der Waals surface area contributed by atoms with Gasteiger partial charge in [0.25, 0.3) is 0 Å². The second kappa shape index (κ2) is 9.85. The number of ether oxygens (including phenoxy) is 2. The summed E-state index contributed by atoms with van der Waals surface area (Å²) in [4.78, 5) is 11.8. The molecule has 5 heteroatoms. The van der Waals surface area contributed by atoms with E-state index in [-0.39, 0.29) is 11.5 Å². The summed E-state index contributed by atoms with van der Waals surface area (Å²) in [5, 5.41) is 3.81. The van der Waals surface area contributed by atoms with E-state index in [0.29, 0.717) is 19.6 Å². The van der Waals surface area contributed by atoms with Crippen LogP contribution in [-0.2, 0) is 9.53 Å². The first-order valence-electron chi connectivity index (χ1n) is 7.63. The zero-order valence-electron chi connectivity index (χ0n) is 13.7. The monoisotopic (exact) mass is 371 g/mol. The van der Waals surface area contributed by atoms with Crippen LogP contribution in [0.25, 0.3) is 0 Å². The van der Waals surface area contributed by atoms with Crippen molar-refractivity contribution in [3.05, 3.63) is 24.3 Å². The van der Waals surface area contributed by atoms with Crippen molar-refractivity contribution in [2.75, 3.05) is 23.9 Å². The maximum Gasteiger partial charge on any atom is 0.224 e. The van der Waals surface area contributed by atoms with Crippen LogP contribution in [0.5, 0.6) is 5.75 Å². The van der Waals surface area contributed by atoms with Crippen molar-refractivity contribution in [1.29, 1.82) is 0 Å². The van der Waals surface area contributed by atoms with Gasteiger partial charge in [-0.25, -0.2) is 0 Å². The lowest BCUT2D eigenvalue weighted by atomic mass is 10.2. The Morgan fingerprint density at radius 1 is 1.14 bits per heavy atom. The van der Waals surface area contributed by atoms with E-state index in [1.54, 1.807) is 0 Å². The van der Waals surface area contributed by atoms with E-state index in [9.17, 15) is 4.79 Å². The van der Waals surface area contributed by atoms with Gasteiger partial charge in [-0.2, -0.15) is 0 Å². The second-order valence-electron chi connectivity index (χ2n) is 6.03. The summed E-state index contributed by atoms with van der Waals surface area (Å²) in [7, 11) is 0. The summed E-state index contributed by atoms with van der Waals surface area (Å²) in [5.41, 5.74) is 0.635. The van der Waals surface area contributed by atoms with Gasteiger partial charge in [0.2, 0.25) is 5.91 Å². The standard InChI is InChI=1S/C17H26BrNO3/c1-17(2,3)22-13-4-6-16(20)19-14-7-9-15(10-8-14)21-12-5-11-18/h7-10H,4-6,11-13H2,1-3H3,(H,19,20). The first kappa shape index (κ1) is 19.0. The summed E-state index contributed by atoms with van der Waals surface area (Å²) in [6, 6.07) is 7.44. The number of anilines is 1. The predicted molar refractivity (Wildman–Crippen MR) is 93.9 cm³/mol. The number of amides is 1. The van der Waals surface area contributed by atoms with Crippen molar-refractivity contribution in [2.45, 2.75) is 45.6 Å². The van der Waals surface area contributed by atoms with Gasteiger partial charge in [-0.05, 0) is 57.9 Å². The van der Waals surface area contributed by atoms with Gasteiger partial charge < -0.3 is 14.8 Å². The molecule has 0 aliphatic heterocycles. The molecule has 4 nitrogen and oxygen atoms in total. The maximum atomic E-state index is 11.8. The van der Waals surface area contributed by atoms with Crippen molar-refractivity contribution in [2.24, 2.45) is 0 Å². The van der Waals surface area contributed by atoms with Gasteiger partial charge in [-0.1, -0.05) is 15.9 Å². The number of halogens is 1. The normalized spacial score (nSPS) is 11.3. The Bertz CT molecular complexity index is 440. The van der Waals surface area contributed by atoms with Crippen LogP contribution in [0, 0.1) is 0 Å². The number of hydrogen-bond acceptors (Lipinski definition) is 3. The summed E-state index contributed by atoms with van der Waals surface area (Å²) in [6.07, 6.45) is 2.14. The van der Waals surface area contributed by atoms with Crippen LogP contribution in [-0.4, -0.2) is 30.1 Å². The van der Waals surface area contributed by atoms with Crippen LogP contribution in [0.4, 0.5) is 5.69 Å². The lowest BCUT2D eigenvalue weighted by Crippen LogP contribution is -2.20. The number of hydrogen-bond donors (Lipinski definition) is 1. The lowest BCUT2D eigenvalue weighted by molar-refractivity contribution is -0.116. The highest BCUT2D eigenvalue weighted by Gasteiger charge is 2.10. The molecule has 1 N–H and O–H groups in total. The fourth-order valence-corrected chi connectivity index (χ4v) is 1.94. The summed E-state index contributed by atoms with van der Waals surface area (Å²) < 4.78 is 11.2. The Kier molecular flexibility index (Phi) is 8.49. The molecule has 1 rings (SSSR count). The minimum atomic E-state index is -0.152. The molecular weight excluding hydrogens is 346 g/mol. The largest absolute Gasteiger partial charge is 0.494 e. The Balaban J connectivity index is 2.26. The molecule has 124 valence electrons. The molecule has 0 aliphatic carbocycles. The van der Waals surface area contributed by atoms with Gasteiger partial charge in [0, 0.05) is 24.0 Å². The first-order chi connectivity index (χ1) is 10.4. The Morgan fingerprint density at radius 3 is 2.41 bits per heavy atom. The molecule has 1 aromatic carbocycles. The minimum Gasteiger partial charge on any atom is -0.494 e. The molecule has 0 fully saturated rings. The molecule has 1 aromatic rings. The number of carbonyl (C=O) groups excluding carboxylic acids is 1. The predicted octanol–water partition coefficient (Wildman–Crippen LogP) is 4.38. The van der Waals surface area contributed by atoms with E-state index in [0.717, 1.165) is 29.6 Å². The SMILES string of the molecule is CC(C)(C)OCCCC(=O)Nc1ccc(OCCCBr)cc1. The fourth-order valence-electron chi connectivity index (χ4n) is 1.71. The fraction of sp³-hybridized carbons (Fsp3) is 0.588. The quantitative estimate of drug-likeness (QED) is 0.517. The topological polar surface area (TPSA) is 47.6 Å². The molecule has 1 amide bonds. The molecule has 0 aromatic heterocycles. The van der Waals surface area contributed by atoms with Crippen LogP contribution < -0.4 is 10.1 Å². The van der Waals surface area contributed by atoms with E-state index >= 15 is 0 Å². The van der Waals surface area contributed by atoms with E-state index in [1.165, 1.54) is 0 Å². The molecule has 22 heavy (non-hydrogen) atoms. The van der Waals surface area contributed by atoms with Crippen LogP contribution in [0.1, 0.15) is 40.0 Å². The highest BCUT2D eigenvalue weighted by atomic mass is 79.9. The molecule has 0 radical (unpaired) electrons. The Labute approximate surface area is 141 Å². The molecule has 0 atom stereocenters. The average molecular weight is 372 g/mol. The molecule has 0 saturated carbocycles. The van der Waals surface area contributed by atoms with Crippen molar-refractivity contribution < 1.29 is 14.3 Å². The lowest BCUT2D eigenvalue weighted by Gasteiger charge is -2.19. The Hall–Kier alpha value is -1.07. The zero-order valence-corrected chi connectivity index (χ0v) is 15.2. The summed E-state index contributed by atoms with van der Waals surface area (Å²) in [6.45, 7) is 7.31. The summed E-state index contributed by atoms with van der Waals surface area (Å²) in [5.74, 6) is 0.822. The molecule has 0 heterocycles. The van der Waals surface area contributed by atoms with Crippen molar-refractivity contribution in [1.82, 2.24) is 0 Å². The zero-order chi connectivity index (χ0) is 16.4. The molecule has 0 aliphatic rings. The van der Waals surface area contributed by atoms with Gasteiger partial charge in [0.05, 0.1) is 12.2 Å². The van der Waals surface area contributed by atoms with E-state index in [1.807, 2.05) is 45.0 Å². The van der Waals surface area contributed by atoms with Crippen LogP contribution in [0.3, 0.4) is 0 Å². The van der Waals surface area contributed by atoms with E-state index < -0.39 is 0 Å².